The van der Waals surface area contributed by atoms with Gasteiger partial charge in [0.1, 0.15) is 11.2 Å². The van der Waals surface area contributed by atoms with E-state index in [2.05, 4.69) is 0 Å². The van der Waals surface area contributed by atoms with Gasteiger partial charge in [-0.25, -0.2) is 0 Å². The van der Waals surface area contributed by atoms with Crippen molar-refractivity contribution in [1.29, 1.82) is 0 Å². The Labute approximate surface area is 108 Å². The monoisotopic (exact) mass is 245 g/mol. The molecule has 1 aliphatic rings. The van der Waals surface area contributed by atoms with Crippen LogP contribution in [0.2, 0.25) is 0 Å². The molecule has 1 aliphatic carbocycles. The Morgan fingerprint density at radius 2 is 1.67 bits per heavy atom. The largest absolute Gasteiger partial charge is 0.315 e. The van der Waals surface area contributed by atoms with E-state index in [4.69, 9.17) is 0 Å². The summed E-state index contributed by atoms with van der Waals surface area (Å²) in [5.41, 5.74) is 0.0694. The molecule has 1 fully saturated rings. The molecule has 3 heteroatoms. The van der Waals surface area contributed by atoms with Crippen molar-refractivity contribution in [2.24, 2.45) is 5.41 Å². The maximum atomic E-state index is 12.6. The lowest BCUT2D eigenvalue weighted by molar-refractivity contribution is -0.138. The van der Waals surface area contributed by atoms with Crippen LogP contribution in [-0.4, -0.2) is 18.7 Å². The summed E-state index contributed by atoms with van der Waals surface area (Å²) in [4.78, 5) is 26.1. The molecule has 1 saturated carbocycles. The van der Waals surface area contributed by atoms with Crippen molar-refractivity contribution in [1.82, 2.24) is 0 Å². The van der Waals surface area contributed by atoms with Crippen LogP contribution >= 0.6 is 0 Å². The highest BCUT2D eigenvalue weighted by Gasteiger charge is 2.46. The summed E-state index contributed by atoms with van der Waals surface area (Å²) in [6.45, 7) is 1.54. The normalized spacial score (nSPS) is 17.4. The minimum absolute atomic E-state index is 0.00720. The summed E-state index contributed by atoms with van der Waals surface area (Å²) in [6, 6.07) is 9.49. The van der Waals surface area contributed by atoms with Crippen LogP contribution in [-0.2, 0) is 9.59 Å². The summed E-state index contributed by atoms with van der Waals surface area (Å²) in [7, 11) is 1.75. The van der Waals surface area contributed by atoms with Crippen molar-refractivity contribution < 1.29 is 9.59 Å². The number of benzene rings is 1. The van der Waals surface area contributed by atoms with Crippen LogP contribution in [0.3, 0.4) is 0 Å². The maximum Gasteiger partial charge on any atom is 0.240 e. The quantitative estimate of drug-likeness (QED) is 0.768. The van der Waals surface area contributed by atoms with Gasteiger partial charge < -0.3 is 4.90 Å². The van der Waals surface area contributed by atoms with Crippen LogP contribution < -0.4 is 4.90 Å². The first-order valence-corrected chi connectivity index (χ1v) is 6.42. The predicted molar refractivity (Wildman–Crippen MR) is 71.4 cm³/mol. The highest BCUT2D eigenvalue weighted by atomic mass is 16.2. The standard InChI is InChI=1S/C15H19NO2/c1-12(17)15(10-6-7-11-15)14(18)16(2)13-8-4-3-5-9-13/h3-5,8-9H,6-7,10-11H2,1-2H3. The molecule has 0 aliphatic heterocycles. The van der Waals surface area contributed by atoms with E-state index in [1.54, 1.807) is 18.9 Å². The molecule has 0 saturated heterocycles. The highest BCUT2D eigenvalue weighted by Crippen LogP contribution is 2.41. The number of anilines is 1. The number of hydrogen-bond donors (Lipinski definition) is 0. The Kier molecular flexibility index (Phi) is 3.50. The van der Waals surface area contributed by atoms with Crippen molar-refractivity contribution in [3.8, 4) is 0 Å². The van der Waals surface area contributed by atoms with Gasteiger partial charge >= 0.3 is 0 Å². The average Bonchev–Trinajstić information content (AvgIpc) is 2.88. The number of carbonyl (C=O) groups excluding carboxylic acids is 2. The molecule has 2 rings (SSSR count). The molecule has 18 heavy (non-hydrogen) atoms. The molecule has 0 aromatic heterocycles. The van der Waals surface area contributed by atoms with Crippen molar-refractivity contribution in [3.05, 3.63) is 30.3 Å². The third kappa shape index (κ3) is 2.05. The fourth-order valence-corrected chi connectivity index (χ4v) is 2.78. The van der Waals surface area contributed by atoms with Gasteiger partial charge in [-0.15, -0.1) is 0 Å². The summed E-state index contributed by atoms with van der Waals surface area (Å²) in [5.74, 6) is -0.0496. The van der Waals surface area contributed by atoms with Gasteiger partial charge in [0.05, 0.1) is 0 Å². The molecule has 0 atom stereocenters. The summed E-state index contributed by atoms with van der Waals surface area (Å²) >= 11 is 0. The van der Waals surface area contributed by atoms with E-state index in [0.717, 1.165) is 18.5 Å². The van der Waals surface area contributed by atoms with E-state index in [1.165, 1.54) is 0 Å². The number of carbonyl (C=O) groups is 2. The Balaban J connectivity index is 2.27. The van der Waals surface area contributed by atoms with Crippen LogP contribution in [0.5, 0.6) is 0 Å². The van der Waals surface area contributed by atoms with Crippen LogP contribution in [0.15, 0.2) is 30.3 Å². The molecule has 0 radical (unpaired) electrons. The number of rotatable bonds is 3. The van der Waals surface area contributed by atoms with Crippen molar-refractivity contribution in [2.75, 3.05) is 11.9 Å². The molecule has 0 bridgehead atoms. The molecular weight excluding hydrogens is 226 g/mol. The van der Waals surface area contributed by atoms with E-state index in [1.807, 2.05) is 30.3 Å². The number of amides is 1. The second-order valence-electron chi connectivity index (χ2n) is 5.05. The van der Waals surface area contributed by atoms with Crippen LogP contribution in [0.4, 0.5) is 5.69 Å². The van der Waals surface area contributed by atoms with Crippen molar-refractivity contribution in [2.45, 2.75) is 32.6 Å². The highest BCUT2D eigenvalue weighted by molar-refractivity contribution is 6.11. The zero-order valence-electron chi connectivity index (χ0n) is 11.0. The first kappa shape index (κ1) is 12.8. The molecular formula is C15H19NO2. The van der Waals surface area contributed by atoms with E-state index in [9.17, 15) is 9.59 Å². The van der Waals surface area contributed by atoms with Gasteiger partial charge in [-0.1, -0.05) is 31.0 Å². The lowest BCUT2D eigenvalue weighted by atomic mass is 9.80. The lowest BCUT2D eigenvalue weighted by Crippen LogP contribution is -2.45. The van der Waals surface area contributed by atoms with Crippen LogP contribution in [0, 0.1) is 5.41 Å². The van der Waals surface area contributed by atoms with Gasteiger partial charge in [-0.05, 0) is 31.9 Å². The number of Topliss-reactive ketones (excluding diaryl/α,β-unsaturated/α-hetero) is 1. The summed E-state index contributed by atoms with van der Waals surface area (Å²) < 4.78 is 0. The summed E-state index contributed by atoms with van der Waals surface area (Å²) in [6.07, 6.45) is 3.32. The Morgan fingerprint density at radius 3 is 2.17 bits per heavy atom. The van der Waals surface area contributed by atoms with E-state index < -0.39 is 5.41 Å². The van der Waals surface area contributed by atoms with Crippen molar-refractivity contribution in [3.63, 3.8) is 0 Å². The van der Waals surface area contributed by atoms with Gasteiger partial charge in [0.25, 0.3) is 0 Å². The van der Waals surface area contributed by atoms with E-state index in [0.29, 0.717) is 12.8 Å². The zero-order valence-corrected chi connectivity index (χ0v) is 11.0. The molecule has 3 nitrogen and oxygen atoms in total. The van der Waals surface area contributed by atoms with Gasteiger partial charge in [-0.2, -0.15) is 0 Å². The van der Waals surface area contributed by atoms with Crippen molar-refractivity contribution >= 4 is 17.4 Å². The SMILES string of the molecule is CC(=O)C1(C(=O)N(C)c2ccccc2)CCCC1. The topological polar surface area (TPSA) is 37.4 Å². The minimum atomic E-state index is -0.773. The summed E-state index contributed by atoms with van der Waals surface area (Å²) in [5, 5.41) is 0. The fraction of sp³-hybridized carbons (Fsp3) is 0.467. The first-order valence-electron chi connectivity index (χ1n) is 6.42. The number of hydrogen-bond acceptors (Lipinski definition) is 2. The van der Waals surface area contributed by atoms with E-state index in [-0.39, 0.29) is 11.7 Å². The lowest BCUT2D eigenvalue weighted by Gasteiger charge is -2.30. The Bertz CT molecular complexity index is 447. The van der Waals surface area contributed by atoms with Crippen LogP contribution in [0.1, 0.15) is 32.6 Å². The zero-order chi connectivity index (χ0) is 13.2. The maximum absolute atomic E-state index is 12.6. The number of ketones is 1. The third-order valence-corrected chi connectivity index (χ3v) is 3.99. The molecule has 96 valence electrons. The Morgan fingerprint density at radius 1 is 1.11 bits per heavy atom. The second kappa shape index (κ2) is 4.92. The minimum Gasteiger partial charge on any atom is -0.315 e. The van der Waals surface area contributed by atoms with Gasteiger partial charge in [-0.3, -0.25) is 9.59 Å². The van der Waals surface area contributed by atoms with E-state index >= 15 is 0 Å². The van der Waals surface area contributed by atoms with Gasteiger partial charge in [0, 0.05) is 12.7 Å². The molecule has 0 N–H and O–H groups in total. The van der Waals surface area contributed by atoms with Gasteiger partial charge in [0.15, 0.2) is 0 Å². The van der Waals surface area contributed by atoms with Gasteiger partial charge in [0.2, 0.25) is 5.91 Å². The first-order chi connectivity index (χ1) is 8.58. The molecule has 0 heterocycles. The molecule has 1 amide bonds. The number of nitrogens with zero attached hydrogens (tertiary/aromatic N) is 1. The fourth-order valence-electron chi connectivity index (χ4n) is 2.78. The van der Waals surface area contributed by atoms with Crippen LogP contribution in [0.25, 0.3) is 0 Å². The number of para-hydroxylation sites is 1. The smallest absolute Gasteiger partial charge is 0.240 e. The molecule has 0 unspecified atom stereocenters. The second-order valence-corrected chi connectivity index (χ2v) is 5.05. The predicted octanol–water partition coefficient (Wildman–Crippen LogP) is 2.80. The molecule has 1 aromatic rings. The molecule has 0 spiro atoms. The third-order valence-electron chi connectivity index (χ3n) is 3.99. The Hall–Kier alpha value is -1.64. The molecule has 1 aromatic carbocycles. The average molecular weight is 245 g/mol.